The zero-order valence-corrected chi connectivity index (χ0v) is 10.6. The Morgan fingerprint density at radius 3 is 3.06 bits per heavy atom. The van der Waals surface area contributed by atoms with Gasteiger partial charge in [0, 0.05) is 11.8 Å². The summed E-state index contributed by atoms with van der Waals surface area (Å²) >= 11 is 3.23. The lowest BCUT2D eigenvalue weighted by atomic mass is 10.0. The topological polar surface area (TPSA) is 64.6 Å². The molecule has 6 heteroatoms. The molecule has 1 aliphatic heterocycles. The maximum atomic E-state index is 11.8. The van der Waals surface area contributed by atoms with Crippen molar-refractivity contribution in [2.24, 2.45) is 0 Å². The van der Waals surface area contributed by atoms with E-state index in [-0.39, 0.29) is 17.2 Å². The van der Waals surface area contributed by atoms with Crippen molar-refractivity contribution in [3.8, 4) is 5.75 Å². The molecule has 0 saturated carbocycles. The van der Waals surface area contributed by atoms with Crippen LogP contribution in [0.25, 0.3) is 0 Å². The predicted molar refractivity (Wildman–Crippen MR) is 65.0 cm³/mol. The number of rotatable bonds is 1. The molecule has 0 aliphatic carbocycles. The summed E-state index contributed by atoms with van der Waals surface area (Å²) in [4.78, 5) is 22.5. The number of Topliss-reactive ketones (excluding diaryl/α,β-unsaturated/α-hetero) is 1. The molecule has 1 aromatic carbocycles. The third kappa shape index (κ3) is 2.41. The summed E-state index contributed by atoms with van der Waals surface area (Å²) in [7, 11) is 1.28. The van der Waals surface area contributed by atoms with Gasteiger partial charge in [-0.05, 0) is 12.1 Å². The fourth-order valence-corrected chi connectivity index (χ4v) is 1.88. The van der Waals surface area contributed by atoms with Crippen LogP contribution < -0.4 is 10.1 Å². The molecule has 1 atom stereocenters. The Morgan fingerprint density at radius 1 is 1.59 bits per heavy atom. The van der Waals surface area contributed by atoms with Gasteiger partial charge in [0.2, 0.25) is 0 Å². The SMILES string of the molecule is COC(=O)Nc1ccc2c(c1)OCC(Br)C2=O. The molecule has 0 radical (unpaired) electrons. The molecule has 90 valence electrons. The van der Waals surface area contributed by atoms with Crippen LogP contribution in [0.2, 0.25) is 0 Å². The molecule has 2 rings (SSSR count). The third-order valence-corrected chi connectivity index (χ3v) is 3.03. The molecule has 1 N–H and O–H groups in total. The molecule has 0 spiro atoms. The lowest BCUT2D eigenvalue weighted by molar-refractivity contribution is 0.0946. The Morgan fingerprint density at radius 2 is 2.35 bits per heavy atom. The van der Waals surface area contributed by atoms with Gasteiger partial charge in [0.1, 0.15) is 17.2 Å². The number of hydrogen-bond donors (Lipinski definition) is 1. The zero-order valence-electron chi connectivity index (χ0n) is 9.03. The lowest BCUT2D eigenvalue weighted by Gasteiger charge is -2.20. The van der Waals surface area contributed by atoms with E-state index in [4.69, 9.17) is 4.74 Å². The molecule has 5 nitrogen and oxygen atoms in total. The smallest absolute Gasteiger partial charge is 0.411 e. The van der Waals surface area contributed by atoms with Gasteiger partial charge in [0.05, 0.1) is 12.7 Å². The predicted octanol–water partition coefficient (Wildman–Crippen LogP) is 2.20. The number of fused-ring (bicyclic) bond motifs is 1. The van der Waals surface area contributed by atoms with Crippen LogP contribution in [0.4, 0.5) is 10.5 Å². The largest absolute Gasteiger partial charge is 0.491 e. The molecule has 0 bridgehead atoms. The van der Waals surface area contributed by atoms with Crippen LogP contribution in [0, 0.1) is 0 Å². The molecule has 0 aromatic heterocycles. The van der Waals surface area contributed by atoms with Gasteiger partial charge in [-0.1, -0.05) is 15.9 Å². The van der Waals surface area contributed by atoms with E-state index in [1.54, 1.807) is 18.2 Å². The number of benzene rings is 1. The minimum Gasteiger partial charge on any atom is -0.491 e. The number of ether oxygens (including phenoxy) is 2. The van der Waals surface area contributed by atoms with Gasteiger partial charge in [0.25, 0.3) is 0 Å². The number of alkyl halides is 1. The molecule has 0 fully saturated rings. The van der Waals surface area contributed by atoms with Gasteiger partial charge in [0.15, 0.2) is 5.78 Å². The monoisotopic (exact) mass is 299 g/mol. The first-order chi connectivity index (χ1) is 8.11. The van der Waals surface area contributed by atoms with E-state index in [0.29, 0.717) is 17.0 Å². The second-order valence-electron chi connectivity index (χ2n) is 3.47. The molecule has 1 aromatic rings. The number of ketones is 1. The molecule has 1 unspecified atom stereocenters. The van der Waals surface area contributed by atoms with Gasteiger partial charge >= 0.3 is 6.09 Å². The maximum Gasteiger partial charge on any atom is 0.411 e. The average molecular weight is 300 g/mol. The van der Waals surface area contributed by atoms with Crippen molar-refractivity contribution < 1.29 is 19.1 Å². The summed E-state index contributed by atoms with van der Waals surface area (Å²) in [5.74, 6) is 0.454. The quantitative estimate of drug-likeness (QED) is 0.808. The number of carbonyl (C=O) groups is 2. The van der Waals surface area contributed by atoms with Crippen molar-refractivity contribution in [3.63, 3.8) is 0 Å². The number of nitrogens with one attached hydrogen (secondary N) is 1. The highest BCUT2D eigenvalue weighted by Crippen LogP contribution is 2.30. The van der Waals surface area contributed by atoms with Crippen molar-refractivity contribution >= 4 is 33.5 Å². The first-order valence-corrected chi connectivity index (χ1v) is 5.83. The Hall–Kier alpha value is -1.56. The summed E-state index contributed by atoms with van der Waals surface area (Å²) in [5, 5.41) is 2.50. The van der Waals surface area contributed by atoms with Crippen LogP contribution in [-0.4, -0.2) is 30.4 Å². The van der Waals surface area contributed by atoms with Crippen LogP contribution in [0.15, 0.2) is 18.2 Å². The Kier molecular flexibility index (Phi) is 3.33. The Labute approximate surface area is 106 Å². The molecular formula is C11H10BrNO4. The van der Waals surface area contributed by atoms with Crippen molar-refractivity contribution in [1.82, 2.24) is 0 Å². The van der Waals surface area contributed by atoms with Gasteiger partial charge in [-0.3, -0.25) is 10.1 Å². The molecular weight excluding hydrogens is 290 g/mol. The highest BCUT2D eigenvalue weighted by Gasteiger charge is 2.26. The number of carbonyl (C=O) groups excluding carboxylic acids is 2. The summed E-state index contributed by atoms with van der Waals surface area (Å²) in [5.41, 5.74) is 1.03. The summed E-state index contributed by atoms with van der Waals surface area (Å²) in [6.45, 7) is 0.285. The van der Waals surface area contributed by atoms with Crippen LogP contribution >= 0.6 is 15.9 Å². The van der Waals surface area contributed by atoms with Crippen LogP contribution in [0.3, 0.4) is 0 Å². The van der Waals surface area contributed by atoms with E-state index < -0.39 is 6.09 Å². The first-order valence-electron chi connectivity index (χ1n) is 4.92. The van der Waals surface area contributed by atoms with Crippen LogP contribution in [0.5, 0.6) is 5.75 Å². The van der Waals surface area contributed by atoms with E-state index in [2.05, 4.69) is 26.0 Å². The average Bonchev–Trinajstić information content (AvgIpc) is 2.34. The van der Waals surface area contributed by atoms with E-state index >= 15 is 0 Å². The van der Waals surface area contributed by atoms with Crippen LogP contribution in [-0.2, 0) is 4.74 Å². The van der Waals surface area contributed by atoms with Gasteiger partial charge in [-0.25, -0.2) is 4.79 Å². The third-order valence-electron chi connectivity index (χ3n) is 2.35. The standard InChI is InChI=1S/C11H10BrNO4/c1-16-11(15)13-6-2-3-7-9(4-6)17-5-8(12)10(7)14/h2-4,8H,5H2,1H3,(H,13,15). The molecule has 1 heterocycles. The summed E-state index contributed by atoms with van der Waals surface area (Å²) in [6, 6.07) is 4.85. The first kappa shape index (κ1) is 11.9. The van der Waals surface area contributed by atoms with Gasteiger partial charge in [-0.15, -0.1) is 0 Å². The second kappa shape index (κ2) is 4.75. The fraction of sp³-hybridized carbons (Fsp3) is 0.273. The molecule has 1 aliphatic rings. The van der Waals surface area contributed by atoms with E-state index in [1.807, 2.05) is 0 Å². The number of halogens is 1. The van der Waals surface area contributed by atoms with Crippen LogP contribution in [0.1, 0.15) is 10.4 Å². The van der Waals surface area contributed by atoms with E-state index in [0.717, 1.165) is 0 Å². The Balaban J connectivity index is 2.26. The van der Waals surface area contributed by atoms with Crippen molar-refractivity contribution in [2.45, 2.75) is 4.83 Å². The Bertz CT molecular complexity index is 475. The number of anilines is 1. The normalized spacial score (nSPS) is 18.0. The minimum atomic E-state index is -0.564. The minimum absolute atomic E-state index is 0.0177. The van der Waals surface area contributed by atoms with Crippen molar-refractivity contribution in [3.05, 3.63) is 23.8 Å². The van der Waals surface area contributed by atoms with E-state index in [1.165, 1.54) is 7.11 Å². The van der Waals surface area contributed by atoms with E-state index in [9.17, 15) is 9.59 Å². The van der Waals surface area contributed by atoms with Gasteiger partial charge in [-0.2, -0.15) is 0 Å². The van der Waals surface area contributed by atoms with Gasteiger partial charge < -0.3 is 9.47 Å². The molecule has 0 saturated heterocycles. The number of methoxy groups -OCH3 is 1. The van der Waals surface area contributed by atoms with Crippen molar-refractivity contribution in [1.29, 1.82) is 0 Å². The highest BCUT2D eigenvalue weighted by molar-refractivity contribution is 9.10. The lowest BCUT2D eigenvalue weighted by Crippen LogP contribution is -2.27. The highest BCUT2D eigenvalue weighted by atomic mass is 79.9. The zero-order chi connectivity index (χ0) is 12.4. The maximum absolute atomic E-state index is 11.8. The fourth-order valence-electron chi connectivity index (χ4n) is 1.50. The number of hydrogen-bond acceptors (Lipinski definition) is 4. The number of amides is 1. The molecule has 17 heavy (non-hydrogen) atoms. The second-order valence-corrected chi connectivity index (χ2v) is 4.58. The summed E-state index contributed by atoms with van der Waals surface area (Å²) in [6.07, 6.45) is -0.564. The summed E-state index contributed by atoms with van der Waals surface area (Å²) < 4.78 is 9.87. The molecule has 1 amide bonds. The van der Waals surface area contributed by atoms with Crippen molar-refractivity contribution in [2.75, 3.05) is 19.0 Å².